The normalized spacial score (nSPS) is 12.9. The summed E-state index contributed by atoms with van der Waals surface area (Å²) in [6.45, 7) is 0. The number of fused-ring (bicyclic) bond motifs is 7. The standard InChI is InChI=1S/C48H32BNOSSi/c1-4-16-34(17-5-1)53(35-18-6-2-7-19-35,36-20-8-3-9-21-36)37-28-29-47-40(32-37)41-30-33(31-46-48(41)49(52-47)42-24-12-15-27-45(42)51-46)50-43-25-13-10-22-38(43)39-23-11-14-26-44(39)50/h1-32H. The van der Waals surface area contributed by atoms with Crippen LogP contribution < -0.4 is 36.4 Å². The molecule has 5 heteroatoms. The van der Waals surface area contributed by atoms with E-state index in [4.69, 9.17) is 4.74 Å². The van der Waals surface area contributed by atoms with Crippen LogP contribution in [0.4, 0.5) is 0 Å². The van der Waals surface area contributed by atoms with E-state index >= 15 is 0 Å². The molecule has 2 aliphatic rings. The van der Waals surface area contributed by atoms with Gasteiger partial charge in [-0.15, -0.1) is 0 Å². The second-order valence-electron chi connectivity index (χ2n) is 14.0. The third kappa shape index (κ3) is 4.54. The van der Waals surface area contributed by atoms with Gasteiger partial charge in [0, 0.05) is 21.7 Å². The quantitative estimate of drug-likeness (QED) is 0.132. The fourth-order valence-electron chi connectivity index (χ4n) is 8.97. The smallest absolute Gasteiger partial charge is 0.289 e. The van der Waals surface area contributed by atoms with E-state index in [1.165, 1.54) is 69.5 Å². The molecule has 1 aromatic heterocycles. The van der Waals surface area contributed by atoms with Gasteiger partial charge in [-0.1, -0.05) is 158 Å². The van der Waals surface area contributed by atoms with Gasteiger partial charge in [-0.25, -0.2) is 0 Å². The first kappa shape index (κ1) is 30.6. The first-order valence-corrected chi connectivity index (χ1v) is 21.1. The number of aromatic nitrogens is 1. The zero-order valence-corrected chi connectivity index (χ0v) is 30.6. The SMILES string of the molecule is c1ccc([Si](c2ccccc2)(c2ccccc2)c2ccc3c(c2)-c2cc(-n4c5ccccc5c5ccccc54)cc4c2B(S3)c2ccccc2O4)cc1. The average Bonchev–Trinajstić information content (AvgIpc) is 3.57. The molecule has 2 nitrogen and oxygen atoms in total. The Morgan fingerprint density at radius 3 is 1.62 bits per heavy atom. The molecule has 0 atom stereocenters. The van der Waals surface area contributed by atoms with Gasteiger partial charge in [0.2, 0.25) is 0 Å². The van der Waals surface area contributed by atoms with Crippen molar-refractivity contribution in [3.8, 4) is 28.3 Å². The van der Waals surface area contributed by atoms with Crippen LogP contribution in [0.1, 0.15) is 0 Å². The van der Waals surface area contributed by atoms with Crippen molar-refractivity contribution in [2.24, 2.45) is 0 Å². The highest BCUT2D eigenvalue weighted by Gasteiger charge is 2.44. The van der Waals surface area contributed by atoms with Crippen LogP contribution in [0.25, 0.3) is 38.6 Å². The number of para-hydroxylation sites is 3. The number of hydrogen-bond acceptors (Lipinski definition) is 2. The fourth-order valence-corrected chi connectivity index (χ4v) is 15.1. The van der Waals surface area contributed by atoms with Crippen molar-refractivity contribution < 1.29 is 4.74 Å². The van der Waals surface area contributed by atoms with Gasteiger partial charge >= 0.3 is 0 Å². The van der Waals surface area contributed by atoms with Crippen molar-refractivity contribution in [3.63, 3.8) is 0 Å². The van der Waals surface area contributed by atoms with Gasteiger partial charge in [-0.05, 0) is 73.1 Å². The Labute approximate surface area is 314 Å². The fraction of sp³-hybridized carbons (Fsp3) is 0. The van der Waals surface area contributed by atoms with E-state index in [1.54, 1.807) is 0 Å². The van der Waals surface area contributed by atoms with Gasteiger partial charge in [0.25, 0.3) is 5.99 Å². The Balaban J connectivity index is 1.22. The van der Waals surface area contributed by atoms with E-state index in [0.717, 1.165) is 17.2 Å². The van der Waals surface area contributed by atoms with Crippen LogP contribution in [0, 0.1) is 0 Å². The van der Waals surface area contributed by atoms with Crippen molar-refractivity contribution >= 4 is 79.2 Å². The Bertz CT molecular complexity index is 2700. The molecule has 0 saturated heterocycles. The average molecular weight is 710 g/mol. The second-order valence-corrected chi connectivity index (χ2v) is 18.9. The summed E-state index contributed by atoms with van der Waals surface area (Å²) in [5, 5.41) is 7.99. The summed E-state index contributed by atoms with van der Waals surface area (Å²) in [5.74, 6) is 2.01. The molecular formula is C48H32BNOSSi. The molecule has 8 aromatic carbocycles. The Morgan fingerprint density at radius 1 is 0.453 bits per heavy atom. The van der Waals surface area contributed by atoms with Crippen molar-refractivity contribution in [3.05, 3.63) is 194 Å². The van der Waals surface area contributed by atoms with Gasteiger partial charge in [0.15, 0.2) is 8.07 Å². The maximum absolute atomic E-state index is 6.89. The molecule has 9 aromatic rings. The van der Waals surface area contributed by atoms with E-state index < -0.39 is 8.07 Å². The minimum absolute atomic E-state index is 0.134. The van der Waals surface area contributed by atoms with Crippen LogP contribution in [0.2, 0.25) is 0 Å². The summed E-state index contributed by atoms with van der Waals surface area (Å²) in [6, 6.07) is 71.7. The first-order valence-electron chi connectivity index (χ1n) is 18.2. The molecule has 248 valence electrons. The van der Waals surface area contributed by atoms with Gasteiger partial charge in [-0.3, -0.25) is 0 Å². The molecule has 0 bridgehead atoms. The van der Waals surface area contributed by atoms with E-state index in [1.807, 2.05) is 11.6 Å². The van der Waals surface area contributed by atoms with E-state index in [0.29, 0.717) is 0 Å². The van der Waals surface area contributed by atoms with Crippen LogP contribution in [-0.4, -0.2) is 18.6 Å². The van der Waals surface area contributed by atoms with Crippen molar-refractivity contribution in [2.45, 2.75) is 4.90 Å². The molecule has 0 fully saturated rings. The molecule has 0 spiro atoms. The van der Waals surface area contributed by atoms with Crippen LogP contribution >= 0.6 is 11.6 Å². The summed E-state index contributed by atoms with van der Waals surface area (Å²) in [6.07, 6.45) is 0. The van der Waals surface area contributed by atoms with Crippen molar-refractivity contribution in [1.82, 2.24) is 4.57 Å². The molecule has 0 N–H and O–H groups in total. The molecule has 3 heterocycles. The maximum Gasteiger partial charge on any atom is 0.289 e. The topological polar surface area (TPSA) is 14.2 Å². The molecule has 0 saturated carbocycles. The monoisotopic (exact) mass is 709 g/mol. The van der Waals surface area contributed by atoms with Crippen LogP contribution in [0.3, 0.4) is 0 Å². The molecular weight excluding hydrogens is 677 g/mol. The Morgan fingerprint density at radius 2 is 1.00 bits per heavy atom. The minimum atomic E-state index is -2.75. The van der Waals surface area contributed by atoms with Gasteiger partial charge in [-0.2, -0.15) is 11.6 Å². The van der Waals surface area contributed by atoms with E-state index in [9.17, 15) is 0 Å². The lowest BCUT2D eigenvalue weighted by Gasteiger charge is -2.37. The lowest BCUT2D eigenvalue weighted by Crippen LogP contribution is -2.74. The highest BCUT2D eigenvalue weighted by Crippen LogP contribution is 2.44. The first-order chi connectivity index (χ1) is 26.3. The van der Waals surface area contributed by atoms with Gasteiger partial charge in [0.1, 0.15) is 11.5 Å². The number of hydrogen-bond donors (Lipinski definition) is 0. The number of benzene rings is 8. The number of ether oxygens (including phenoxy) is 1. The van der Waals surface area contributed by atoms with Crippen LogP contribution in [0.15, 0.2) is 199 Å². The summed E-state index contributed by atoms with van der Waals surface area (Å²) < 4.78 is 9.31. The number of rotatable bonds is 5. The highest BCUT2D eigenvalue weighted by atomic mass is 32.2. The molecule has 0 unspecified atom stereocenters. The predicted octanol–water partition coefficient (Wildman–Crippen LogP) is 8.15. The zero-order chi connectivity index (χ0) is 34.9. The number of nitrogens with zero attached hydrogens (tertiary/aromatic N) is 1. The van der Waals surface area contributed by atoms with Crippen LogP contribution in [0.5, 0.6) is 11.5 Å². The zero-order valence-electron chi connectivity index (χ0n) is 28.8. The van der Waals surface area contributed by atoms with Crippen LogP contribution in [-0.2, 0) is 0 Å². The Hall–Kier alpha value is -6.01. The summed E-state index contributed by atoms with van der Waals surface area (Å²) in [4.78, 5) is 1.30. The lowest BCUT2D eigenvalue weighted by molar-refractivity contribution is 0.487. The summed E-state index contributed by atoms with van der Waals surface area (Å²) in [7, 11) is -2.75. The lowest BCUT2D eigenvalue weighted by atomic mass is 9.57. The van der Waals surface area contributed by atoms with Crippen molar-refractivity contribution in [2.75, 3.05) is 0 Å². The van der Waals surface area contributed by atoms with Crippen molar-refractivity contribution in [1.29, 1.82) is 0 Å². The van der Waals surface area contributed by atoms with Gasteiger partial charge < -0.3 is 9.30 Å². The van der Waals surface area contributed by atoms with E-state index in [2.05, 4.69) is 199 Å². The summed E-state index contributed by atoms with van der Waals surface area (Å²) in [5.41, 5.74) is 8.49. The largest absolute Gasteiger partial charge is 0.458 e. The molecule has 53 heavy (non-hydrogen) atoms. The van der Waals surface area contributed by atoms with Gasteiger partial charge in [0.05, 0.1) is 16.7 Å². The Kier molecular flexibility index (Phi) is 6.94. The molecule has 0 aliphatic carbocycles. The maximum atomic E-state index is 6.89. The highest BCUT2D eigenvalue weighted by molar-refractivity contribution is 8.28. The van der Waals surface area contributed by atoms with E-state index in [-0.39, 0.29) is 5.99 Å². The second kappa shape index (κ2) is 12.0. The summed E-state index contributed by atoms with van der Waals surface area (Å²) >= 11 is 1.95. The molecule has 11 rings (SSSR count). The third-order valence-electron chi connectivity index (χ3n) is 11.2. The molecule has 0 amide bonds. The minimum Gasteiger partial charge on any atom is -0.458 e. The molecule has 2 aliphatic heterocycles. The molecule has 0 radical (unpaired) electrons. The predicted molar refractivity (Wildman–Crippen MR) is 227 cm³/mol. The third-order valence-corrected chi connectivity index (χ3v) is 17.3.